The highest BCUT2D eigenvalue weighted by Gasteiger charge is 2.36. The Morgan fingerprint density at radius 3 is 2.33 bits per heavy atom. The quantitative estimate of drug-likeness (QED) is 0.598. The fourth-order valence-corrected chi connectivity index (χ4v) is 5.25. The Hall–Kier alpha value is -3.11. The number of hydrogen-bond donors (Lipinski definition) is 1. The van der Waals surface area contributed by atoms with Crippen LogP contribution < -0.4 is 19.7 Å². The van der Waals surface area contributed by atoms with E-state index in [1.807, 2.05) is 0 Å². The molecular weight excluding hydrogens is 446 g/mol. The summed E-state index contributed by atoms with van der Waals surface area (Å²) >= 11 is 0. The van der Waals surface area contributed by atoms with E-state index in [9.17, 15) is 18.0 Å². The van der Waals surface area contributed by atoms with Crippen molar-refractivity contribution in [2.45, 2.75) is 25.2 Å². The van der Waals surface area contributed by atoms with Gasteiger partial charge in [-0.1, -0.05) is 13.8 Å². The summed E-state index contributed by atoms with van der Waals surface area (Å²) in [7, 11) is -0.525. The SMILES string of the molecule is CCN(CC)S(=O)(=O)c1ccc(NC(=O)[C@H]2CC(=O)N(c3cc(OC)ccc3OC)C2)cc1. The molecule has 0 aliphatic carbocycles. The first kappa shape index (κ1) is 24.5. The number of nitrogens with one attached hydrogen (secondary N) is 1. The predicted octanol–water partition coefficient (Wildman–Crippen LogP) is 2.73. The molecule has 33 heavy (non-hydrogen) atoms. The fourth-order valence-electron chi connectivity index (χ4n) is 3.79. The monoisotopic (exact) mass is 475 g/mol. The Morgan fingerprint density at radius 2 is 1.76 bits per heavy atom. The molecule has 1 atom stereocenters. The number of anilines is 2. The molecular formula is C23H29N3O6S. The van der Waals surface area contributed by atoms with Gasteiger partial charge in [0, 0.05) is 37.8 Å². The Labute approximate surface area is 194 Å². The van der Waals surface area contributed by atoms with Crippen molar-refractivity contribution < 1.29 is 27.5 Å². The summed E-state index contributed by atoms with van der Waals surface area (Å²) in [4.78, 5) is 27.2. The van der Waals surface area contributed by atoms with Gasteiger partial charge in [0.1, 0.15) is 11.5 Å². The molecule has 3 rings (SSSR count). The smallest absolute Gasteiger partial charge is 0.243 e. The second-order valence-electron chi connectivity index (χ2n) is 7.55. The van der Waals surface area contributed by atoms with E-state index in [0.29, 0.717) is 36.0 Å². The van der Waals surface area contributed by atoms with Crippen LogP contribution >= 0.6 is 0 Å². The van der Waals surface area contributed by atoms with E-state index in [-0.39, 0.29) is 29.7 Å². The standard InChI is InChI=1S/C23H29N3O6S/c1-5-25(6-2)33(29,30)19-10-7-17(8-11-19)24-23(28)16-13-22(27)26(15-16)20-14-18(31-3)9-12-21(20)32-4/h7-12,14,16H,5-6,13,15H2,1-4H3,(H,24,28)/t16-/m0/s1. The number of nitrogens with zero attached hydrogens (tertiary/aromatic N) is 2. The minimum Gasteiger partial charge on any atom is -0.497 e. The summed E-state index contributed by atoms with van der Waals surface area (Å²) in [5, 5.41) is 2.78. The molecule has 0 saturated carbocycles. The molecule has 0 radical (unpaired) electrons. The van der Waals surface area contributed by atoms with Crippen molar-refractivity contribution in [3.8, 4) is 11.5 Å². The van der Waals surface area contributed by atoms with Crippen molar-refractivity contribution in [1.82, 2.24) is 4.31 Å². The van der Waals surface area contributed by atoms with Crippen LogP contribution in [0.15, 0.2) is 47.4 Å². The molecule has 1 aliphatic rings. The zero-order chi connectivity index (χ0) is 24.2. The van der Waals surface area contributed by atoms with E-state index < -0.39 is 15.9 Å². The third-order valence-corrected chi connectivity index (χ3v) is 7.70. The van der Waals surface area contributed by atoms with Crippen LogP contribution in [0.1, 0.15) is 20.3 Å². The summed E-state index contributed by atoms with van der Waals surface area (Å²) in [6, 6.07) is 11.2. The molecule has 178 valence electrons. The lowest BCUT2D eigenvalue weighted by Crippen LogP contribution is -2.30. The lowest BCUT2D eigenvalue weighted by atomic mass is 10.1. The maximum Gasteiger partial charge on any atom is 0.243 e. The third-order valence-electron chi connectivity index (χ3n) is 5.64. The first-order valence-corrected chi connectivity index (χ1v) is 12.1. The Balaban J connectivity index is 1.72. The summed E-state index contributed by atoms with van der Waals surface area (Å²) in [6.07, 6.45) is 0.0562. The molecule has 0 aromatic heterocycles. The maximum atomic E-state index is 12.8. The molecule has 1 saturated heterocycles. The van der Waals surface area contributed by atoms with Gasteiger partial charge in [-0.25, -0.2) is 8.42 Å². The number of carbonyl (C=O) groups excluding carboxylic acids is 2. The van der Waals surface area contributed by atoms with Gasteiger partial charge in [0.25, 0.3) is 0 Å². The largest absolute Gasteiger partial charge is 0.497 e. The summed E-state index contributed by atoms with van der Waals surface area (Å²) < 4.78 is 37.2. The number of amides is 2. The van der Waals surface area contributed by atoms with Gasteiger partial charge < -0.3 is 19.7 Å². The number of benzene rings is 2. The average molecular weight is 476 g/mol. The van der Waals surface area contributed by atoms with Gasteiger partial charge in [-0.2, -0.15) is 4.31 Å². The van der Waals surface area contributed by atoms with E-state index in [2.05, 4.69) is 5.32 Å². The van der Waals surface area contributed by atoms with Crippen molar-refractivity contribution >= 4 is 33.2 Å². The van der Waals surface area contributed by atoms with Crippen LogP contribution in [-0.4, -0.2) is 58.4 Å². The molecule has 0 unspecified atom stereocenters. The Morgan fingerprint density at radius 1 is 1.09 bits per heavy atom. The molecule has 1 N–H and O–H groups in total. The highest BCUT2D eigenvalue weighted by molar-refractivity contribution is 7.89. The van der Waals surface area contributed by atoms with Gasteiger partial charge in [-0.15, -0.1) is 0 Å². The molecule has 0 bridgehead atoms. The van der Waals surface area contributed by atoms with Crippen molar-refractivity contribution in [2.75, 3.05) is 44.1 Å². The average Bonchev–Trinajstić information content (AvgIpc) is 3.21. The van der Waals surface area contributed by atoms with E-state index >= 15 is 0 Å². The van der Waals surface area contributed by atoms with Crippen LogP contribution in [0, 0.1) is 5.92 Å². The van der Waals surface area contributed by atoms with Crippen LogP contribution in [0.5, 0.6) is 11.5 Å². The van der Waals surface area contributed by atoms with Gasteiger partial charge in [-0.3, -0.25) is 9.59 Å². The molecule has 9 nitrogen and oxygen atoms in total. The van der Waals surface area contributed by atoms with E-state index in [0.717, 1.165) is 0 Å². The third kappa shape index (κ3) is 5.12. The van der Waals surface area contributed by atoms with Crippen molar-refractivity contribution in [1.29, 1.82) is 0 Å². The summed E-state index contributed by atoms with van der Waals surface area (Å²) in [5.74, 6) is 0.0170. The van der Waals surface area contributed by atoms with Gasteiger partial charge in [0.2, 0.25) is 21.8 Å². The molecule has 2 aromatic rings. The van der Waals surface area contributed by atoms with Crippen LogP contribution in [0.3, 0.4) is 0 Å². The molecule has 1 aliphatic heterocycles. The van der Waals surface area contributed by atoms with Gasteiger partial charge in [-0.05, 0) is 36.4 Å². The summed E-state index contributed by atoms with van der Waals surface area (Å²) in [5.41, 5.74) is 1.01. The van der Waals surface area contributed by atoms with Crippen molar-refractivity contribution in [2.24, 2.45) is 5.92 Å². The zero-order valence-corrected chi connectivity index (χ0v) is 20.0. The first-order chi connectivity index (χ1) is 15.7. The maximum absolute atomic E-state index is 12.8. The molecule has 2 aromatic carbocycles. The number of rotatable bonds is 9. The van der Waals surface area contributed by atoms with Gasteiger partial charge >= 0.3 is 0 Å². The number of sulfonamides is 1. The van der Waals surface area contributed by atoms with Crippen LogP contribution in [-0.2, 0) is 19.6 Å². The number of ether oxygens (including phenoxy) is 2. The van der Waals surface area contributed by atoms with Gasteiger partial charge in [0.05, 0.1) is 30.7 Å². The normalized spacial score (nSPS) is 16.2. The fraction of sp³-hybridized carbons (Fsp3) is 0.391. The second-order valence-corrected chi connectivity index (χ2v) is 9.48. The van der Waals surface area contributed by atoms with E-state index in [1.165, 1.54) is 35.6 Å². The van der Waals surface area contributed by atoms with E-state index in [1.54, 1.807) is 44.2 Å². The molecule has 10 heteroatoms. The highest BCUT2D eigenvalue weighted by Crippen LogP contribution is 2.36. The Bertz CT molecular complexity index is 1110. The molecule has 1 fully saturated rings. The molecule has 2 amide bonds. The van der Waals surface area contributed by atoms with Crippen molar-refractivity contribution in [3.63, 3.8) is 0 Å². The molecule has 0 spiro atoms. The number of methoxy groups -OCH3 is 2. The predicted molar refractivity (Wildman–Crippen MR) is 125 cm³/mol. The van der Waals surface area contributed by atoms with Crippen LogP contribution in [0.2, 0.25) is 0 Å². The van der Waals surface area contributed by atoms with Crippen LogP contribution in [0.25, 0.3) is 0 Å². The van der Waals surface area contributed by atoms with Gasteiger partial charge in [0.15, 0.2) is 0 Å². The van der Waals surface area contributed by atoms with Crippen molar-refractivity contribution in [3.05, 3.63) is 42.5 Å². The number of hydrogen-bond acceptors (Lipinski definition) is 6. The second kappa shape index (κ2) is 10.2. The first-order valence-electron chi connectivity index (χ1n) is 10.7. The minimum atomic E-state index is -3.57. The zero-order valence-electron chi connectivity index (χ0n) is 19.2. The lowest BCUT2D eigenvalue weighted by Gasteiger charge is -2.20. The molecule has 1 heterocycles. The van der Waals surface area contributed by atoms with E-state index in [4.69, 9.17) is 9.47 Å². The van der Waals surface area contributed by atoms with Crippen LogP contribution in [0.4, 0.5) is 11.4 Å². The summed E-state index contributed by atoms with van der Waals surface area (Å²) in [6.45, 7) is 4.51. The Kier molecular flexibility index (Phi) is 7.60. The lowest BCUT2D eigenvalue weighted by molar-refractivity contribution is -0.122. The number of carbonyl (C=O) groups is 2. The highest BCUT2D eigenvalue weighted by atomic mass is 32.2. The minimum absolute atomic E-state index is 0.0562. The topological polar surface area (TPSA) is 105 Å².